The molecule has 106 valence electrons. The topological polar surface area (TPSA) is 12.0 Å². The van der Waals surface area contributed by atoms with E-state index in [4.69, 9.17) is 0 Å². The molecule has 2 heteroatoms. The summed E-state index contributed by atoms with van der Waals surface area (Å²) in [6, 6.07) is 5.16. The fraction of sp³-hybridized carbons (Fsp3) is 0.765. The van der Waals surface area contributed by atoms with E-state index < -0.39 is 0 Å². The number of rotatable bonds is 6. The fourth-order valence-electron chi connectivity index (χ4n) is 3.66. The van der Waals surface area contributed by atoms with Crippen molar-refractivity contribution in [2.75, 3.05) is 6.54 Å². The van der Waals surface area contributed by atoms with Gasteiger partial charge in [0.15, 0.2) is 0 Å². The van der Waals surface area contributed by atoms with E-state index in [0.717, 1.165) is 17.8 Å². The standard InChI is InChI=1S/C17H27NS/c1-13-4-2-5-14(12-13)9-10-18-17(15-7-8-15)16-6-3-11-19-16/h3,6,11,13-15,17-18H,2,4-5,7-10,12H2,1H3. The van der Waals surface area contributed by atoms with Crippen molar-refractivity contribution in [3.05, 3.63) is 22.4 Å². The van der Waals surface area contributed by atoms with Crippen LogP contribution in [0.2, 0.25) is 0 Å². The maximum atomic E-state index is 3.86. The second-order valence-corrected chi connectivity index (χ2v) is 7.69. The third-order valence-corrected chi connectivity index (χ3v) is 5.86. The first-order valence-electron chi connectivity index (χ1n) is 8.09. The smallest absolute Gasteiger partial charge is 0.0443 e. The van der Waals surface area contributed by atoms with Crippen molar-refractivity contribution >= 4 is 11.3 Å². The molecule has 0 aliphatic heterocycles. The highest BCUT2D eigenvalue weighted by Crippen LogP contribution is 2.42. The van der Waals surface area contributed by atoms with E-state index in [1.165, 1.54) is 51.5 Å². The molecule has 1 aromatic heterocycles. The fourth-order valence-corrected chi connectivity index (χ4v) is 4.56. The van der Waals surface area contributed by atoms with Crippen LogP contribution in [0.15, 0.2) is 17.5 Å². The molecule has 2 aliphatic carbocycles. The molecule has 2 aliphatic rings. The summed E-state index contributed by atoms with van der Waals surface area (Å²) in [7, 11) is 0. The Morgan fingerprint density at radius 1 is 1.32 bits per heavy atom. The van der Waals surface area contributed by atoms with Crippen LogP contribution < -0.4 is 5.32 Å². The summed E-state index contributed by atoms with van der Waals surface area (Å²) >= 11 is 1.92. The van der Waals surface area contributed by atoms with Crippen LogP contribution in [0.3, 0.4) is 0 Å². The molecule has 2 saturated carbocycles. The van der Waals surface area contributed by atoms with Gasteiger partial charge < -0.3 is 5.32 Å². The van der Waals surface area contributed by atoms with Crippen molar-refractivity contribution in [3.63, 3.8) is 0 Å². The molecule has 1 nitrogen and oxygen atoms in total. The Balaban J connectivity index is 1.45. The second kappa shape index (κ2) is 6.41. The van der Waals surface area contributed by atoms with E-state index in [1.54, 1.807) is 4.88 Å². The van der Waals surface area contributed by atoms with Gasteiger partial charge in [-0.15, -0.1) is 11.3 Å². The molecule has 0 radical (unpaired) electrons. The van der Waals surface area contributed by atoms with Crippen molar-refractivity contribution in [2.24, 2.45) is 17.8 Å². The lowest BCUT2D eigenvalue weighted by atomic mass is 9.81. The van der Waals surface area contributed by atoms with E-state index in [1.807, 2.05) is 11.3 Å². The molecular weight excluding hydrogens is 250 g/mol. The van der Waals surface area contributed by atoms with Crippen molar-refractivity contribution < 1.29 is 0 Å². The highest BCUT2D eigenvalue weighted by molar-refractivity contribution is 7.10. The van der Waals surface area contributed by atoms with Crippen LogP contribution in [0.25, 0.3) is 0 Å². The van der Waals surface area contributed by atoms with Gasteiger partial charge in [0.2, 0.25) is 0 Å². The van der Waals surface area contributed by atoms with Crippen molar-refractivity contribution in [3.8, 4) is 0 Å². The van der Waals surface area contributed by atoms with Crippen molar-refractivity contribution in [1.82, 2.24) is 5.32 Å². The molecule has 0 aromatic carbocycles. The first kappa shape index (κ1) is 13.6. The van der Waals surface area contributed by atoms with Gasteiger partial charge in [-0.25, -0.2) is 0 Å². The first-order chi connectivity index (χ1) is 9.33. The summed E-state index contributed by atoms with van der Waals surface area (Å²) in [5, 5.41) is 6.07. The summed E-state index contributed by atoms with van der Waals surface area (Å²) < 4.78 is 0. The van der Waals surface area contributed by atoms with E-state index in [0.29, 0.717) is 6.04 Å². The van der Waals surface area contributed by atoms with Gasteiger partial charge in [0.1, 0.15) is 0 Å². The van der Waals surface area contributed by atoms with Crippen LogP contribution in [0.1, 0.15) is 62.8 Å². The predicted octanol–water partition coefficient (Wildman–Crippen LogP) is 5.01. The van der Waals surface area contributed by atoms with Crippen molar-refractivity contribution in [1.29, 1.82) is 0 Å². The Hall–Kier alpha value is -0.340. The van der Waals surface area contributed by atoms with Gasteiger partial charge in [-0.1, -0.05) is 32.3 Å². The van der Waals surface area contributed by atoms with Crippen LogP contribution in [0.4, 0.5) is 0 Å². The van der Waals surface area contributed by atoms with Gasteiger partial charge in [0.05, 0.1) is 0 Å². The molecule has 1 heterocycles. The molecule has 0 amide bonds. The van der Waals surface area contributed by atoms with Gasteiger partial charge in [-0.2, -0.15) is 0 Å². The Morgan fingerprint density at radius 3 is 2.89 bits per heavy atom. The summed E-state index contributed by atoms with van der Waals surface area (Å²) in [6.07, 6.45) is 10.1. The van der Waals surface area contributed by atoms with Crippen LogP contribution in [-0.4, -0.2) is 6.54 Å². The normalized spacial score (nSPS) is 29.3. The quantitative estimate of drug-likeness (QED) is 0.771. The van der Waals surface area contributed by atoms with E-state index >= 15 is 0 Å². The minimum Gasteiger partial charge on any atom is -0.309 e. The summed E-state index contributed by atoms with van der Waals surface area (Å²) in [5.41, 5.74) is 0. The van der Waals surface area contributed by atoms with E-state index in [-0.39, 0.29) is 0 Å². The van der Waals surface area contributed by atoms with Crippen LogP contribution in [-0.2, 0) is 0 Å². The van der Waals surface area contributed by atoms with Crippen LogP contribution in [0, 0.1) is 17.8 Å². The summed E-state index contributed by atoms with van der Waals surface area (Å²) in [4.78, 5) is 1.56. The lowest BCUT2D eigenvalue weighted by Gasteiger charge is -2.27. The first-order valence-corrected chi connectivity index (χ1v) is 8.97. The van der Waals surface area contributed by atoms with Gasteiger partial charge in [-0.05, 0) is 61.4 Å². The lowest BCUT2D eigenvalue weighted by Crippen LogP contribution is -2.26. The molecule has 0 spiro atoms. The number of nitrogens with one attached hydrogen (secondary N) is 1. The average Bonchev–Trinajstić information content (AvgIpc) is 3.09. The van der Waals surface area contributed by atoms with E-state index in [2.05, 4.69) is 29.8 Å². The number of hydrogen-bond acceptors (Lipinski definition) is 2. The highest BCUT2D eigenvalue weighted by Gasteiger charge is 2.32. The zero-order chi connectivity index (χ0) is 13.1. The second-order valence-electron chi connectivity index (χ2n) is 6.71. The molecule has 3 atom stereocenters. The van der Waals surface area contributed by atoms with Gasteiger partial charge in [-0.3, -0.25) is 0 Å². The molecular formula is C17H27NS. The Morgan fingerprint density at radius 2 is 2.21 bits per heavy atom. The SMILES string of the molecule is CC1CCCC(CCNC(c2cccs2)C2CC2)C1. The van der Waals surface area contributed by atoms with Gasteiger partial charge >= 0.3 is 0 Å². The van der Waals surface area contributed by atoms with Crippen molar-refractivity contribution in [2.45, 2.75) is 57.9 Å². The van der Waals surface area contributed by atoms with Gasteiger partial charge in [0, 0.05) is 10.9 Å². The molecule has 19 heavy (non-hydrogen) atoms. The van der Waals surface area contributed by atoms with Gasteiger partial charge in [0.25, 0.3) is 0 Å². The third kappa shape index (κ3) is 3.82. The summed E-state index contributed by atoms with van der Waals surface area (Å²) in [6.45, 7) is 3.65. The van der Waals surface area contributed by atoms with Crippen LogP contribution >= 0.6 is 11.3 Å². The maximum Gasteiger partial charge on any atom is 0.0443 e. The Labute approximate surface area is 121 Å². The molecule has 2 fully saturated rings. The zero-order valence-corrected chi connectivity index (χ0v) is 12.9. The minimum absolute atomic E-state index is 0.654. The molecule has 0 bridgehead atoms. The van der Waals surface area contributed by atoms with Crippen LogP contribution in [0.5, 0.6) is 0 Å². The number of thiophene rings is 1. The molecule has 3 rings (SSSR count). The maximum absolute atomic E-state index is 3.86. The molecule has 1 N–H and O–H groups in total. The molecule has 3 unspecified atom stereocenters. The molecule has 1 aromatic rings. The average molecular weight is 277 g/mol. The highest BCUT2D eigenvalue weighted by atomic mass is 32.1. The zero-order valence-electron chi connectivity index (χ0n) is 12.1. The Kier molecular flexibility index (Phi) is 4.60. The Bertz CT molecular complexity index is 369. The summed E-state index contributed by atoms with van der Waals surface area (Å²) in [5.74, 6) is 2.87. The minimum atomic E-state index is 0.654. The lowest BCUT2D eigenvalue weighted by molar-refractivity contribution is 0.264. The van der Waals surface area contributed by atoms with E-state index in [9.17, 15) is 0 Å². The predicted molar refractivity (Wildman–Crippen MR) is 83.5 cm³/mol. The third-order valence-electron chi connectivity index (χ3n) is 4.90. The molecule has 0 saturated heterocycles. The number of hydrogen-bond donors (Lipinski definition) is 1. The largest absolute Gasteiger partial charge is 0.309 e. The monoisotopic (exact) mass is 277 g/mol.